The topological polar surface area (TPSA) is 31.9 Å². The summed E-state index contributed by atoms with van der Waals surface area (Å²) in [4.78, 5) is 1.82. The van der Waals surface area contributed by atoms with Crippen LogP contribution in [0.1, 0.15) is 36.6 Å². The quantitative estimate of drug-likeness (QED) is 0.602. The predicted molar refractivity (Wildman–Crippen MR) is 102 cm³/mol. The normalized spacial score (nSPS) is 18.1. The lowest BCUT2D eigenvalue weighted by Crippen LogP contribution is -2.43. The van der Waals surface area contributed by atoms with Crippen molar-refractivity contribution in [1.29, 1.82) is 0 Å². The molecule has 1 N–H and O–H groups in total. The van der Waals surface area contributed by atoms with Crippen LogP contribution in [0.2, 0.25) is 0 Å². The standard InChI is InChI=1S/C20H19BrF3N3/c1-20(2,24)10-27-6-5-12-13(3-4-17-14(12)9-25-26-17)19(27)18-15(22)7-11(21)8-16(18)23/h3-4,7-9,19H,5-6,10H2,1-2H3,(H,25,26). The molecule has 1 aliphatic heterocycles. The van der Waals surface area contributed by atoms with Crippen molar-refractivity contribution in [1.82, 2.24) is 15.1 Å². The average Bonchev–Trinajstić information content (AvgIpc) is 3.02. The molecule has 27 heavy (non-hydrogen) atoms. The highest BCUT2D eigenvalue weighted by molar-refractivity contribution is 9.10. The van der Waals surface area contributed by atoms with Gasteiger partial charge in [-0.1, -0.05) is 22.0 Å². The predicted octanol–water partition coefficient (Wildman–Crippen LogP) is 5.30. The van der Waals surface area contributed by atoms with Gasteiger partial charge in [0.05, 0.1) is 17.8 Å². The van der Waals surface area contributed by atoms with E-state index in [1.807, 2.05) is 17.0 Å². The van der Waals surface area contributed by atoms with Crippen molar-refractivity contribution in [2.45, 2.75) is 32.0 Å². The second-order valence-electron chi connectivity index (χ2n) is 7.59. The van der Waals surface area contributed by atoms with Gasteiger partial charge < -0.3 is 0 Å². The van der Waals surface area contributed by atoms with Gasteiger partial charge in [-0.15, -0.1) is 0 Å². The molecule has 2 aromatic carbocycles. The highest BCUT2D eigenvalue weighted by Gasteiger charge is 2.36. The van der Waals surface area contributed by atoms with E-state index in [0.717, 1.165) is 22.0 Å². The van der Waals surface area contributed by atoms with Gasteiger partial charge in [0.1, 0.15) is 17.3 Å². The smallest absolute Gasteiger partial charge is 0.132 e. The Kier molecular flexibility index (Phi) is 4.55. The van der Waals surface area contributed by atoms with E-state index in [1.165, 1.54) is 26.0 Å². The molecular formula is C20H19BrF3N3. The monoisotopic (exact) mass is 437 g/mol. The van der Waals surface area contributed by atoms with Crippen LogP contribution in [0, 0.1) is 11.6 Å². The van der Waals surface area contributed by atoms with Gasteiger partial charge in [0.2, 0.25) is 0 Å². The highest BCUT2D eigenvalue weighted by Crippen LogP contribution is 2.41. The first-order valence-electron chi connectivity index (χ1n) is 8.77. The van der Waals surface area contributed by atoms with Crippen molar-refractivity contribution in [2.24, 2.45) is 0 Å². The van der Waals surface area contributed by atoms with Gasteiger partial charge in [0.15, 0.2) is 0 Å². The van der Waals surface area contributed by atoms with Crippen molar-refractivity contribution in [3.8, 4) is 0 Å². The van der Waals surface area contributed by atoms with Crippen molar-refractivity contribution in [2.75, 3.05) is 13.1 Å². The minimum absolute atomic E-state index is 0.0498. The van der Waals surface area contributed by atoms with Crippen molar-refractivity contribution in [3.05, 3.63) is 63.3 Å². The molecular weight excluding hydrogens is 419 g/mol. The SMILES string of the molecule is CC(C)(F)CN1CCc2c(ccc3[nH]ncc23)C1c1c(F)cc(Br)cc1F. The van der Waals surface area contributed by atoms with Crippen LogP contribution >= 0.6 is 15.9 Å². The number of nitrogens with zero attached hydrogens (tertiary/aromatic N) is 2. The summed E-state index contributed by atoms with van der Waals surface area (Å²) in [6, 6.07) is 5.52. The fraction of sp³-hybridized carbons (Fsp3) is 0.350. The average molecular weight is 438 g/mol. The second kappa shape index (κ2) is 6.63. The number of benzene rings is 2. The first kappa shape index (κ1) is 18.5. The van der Waals surface area contributed by atoms with E-state index in [1.54, 1.807) is 6.20 Å². The molecule has 0 saturated carbocycles. The lowest BCUT2D eigenvalue weighted by molar-refractivity contribution is 0.0975. The van der Waals surface area contributed by atoms with E-state index < -0.39 is 23.3 Å². The molecule has 0 amide bonds. The zero-order valence-corrected chi connectivity index (χ0v) is 16.6. The highest BCUT2D eigenvalue weighted by atomic mass is 79.9. The fourth-order valence-corrected chi connectivity index (χ4v) is 4.42. The lowest BCUT2D eigenvalue weighted by atomic mass is 9.85. The summed E-state index contributed by atoms with van der Waals surface area (Å²) in [6.07, 6.45) is 2.40. The molecule has 1 aliphatic rings. The third-order valence-electron chi connectivity index (χ3n) is 4.98. The maximum absolute atomic E-state index is 14.8. The van der Waals surface area contributed by atoms with Crippen LogP contribution in [0.3, 0.4) is 0 Å². The maximum Gasteiger partial charge on any atom is 0.132 e. The molecule has 0 fully saturated rings. The number of H-pyrrole nitrogens is 1. The summed E-state index contributed by atoms with van der Waals surface area (Å²) in [5.41, 5.74) is 1.13. The maximum atomic E-state index is 14.8. The second-order valence-corrected chi connectivity index (χ2v) is 8.51. The van der Waals surface area contributed by atoms with Crippen LogP contribution in [-0.4, -0.2) is 33.9 Å². The minimum atomic E-state index is -1.49. The Hall–Kier alpha value is -1.86. The number of rotatable bonds is 3. The van der Waals surface area contributed by atoms with E-state index in [2.05, 4.69) is 26.1 Å². The molecule has 0 radical (unpaired) electrons. The third kappa shape index (κ3) is 3.38. The minimum Gasteiger partial charge on any atom is -0.289 e. The van der Waals surface area contributed by atoms with E-state index >= 15 is 0 Å². The number of alkyl halides is 1. The summed E-state index contributed by atoms with van der Waals surface area (Å²) in [5, 5.41) is 7.94. The van der Waals surface area contributed by atoms with E-state index in [4.69, 9.17) is 0 Å². The number of halogens is 4. The van der Waals surface area contributed by atoms with Crippen molar-refractivity contribution in [3.63, 3.8) is 0 Å². The molecule has 142 valence electrons. The zero-order valence-electron chi connectivity index (χ0n) is 15.0. The summed E-state index contributed by atoms with van der Waals surface area (Å²) < 4.78 is 44.5. The molecule has 1 unspecified atom stereocenters. The van der Waals surface area contributed by atoms with Gasteiger partial charge >= 0.3 is 0 Å². The van der Waals surface area contributed by atoms with Crippen LogP contribution < -0.4 is 0 Å². The number of hydrogen-bond donors (Lipinski definition) is 1. The molecule has 2 heterocycles. The van der Waals surface area contributed by atoms with Gasteiger partial charge in [-0.2, -0.15) is 5.10 Å². The van der Waals surface area contributed by atoms with Crippen molar-refractivity contribution >= 4 is 26.8 Å². The Morgan fingerprint density at radius 1 is 1.26 bits per heavy atom. The van der Waals surface area contributed by atoms with Gasteiger partial charge in [0.25, 0.3) is 0 Å². The van der Waals surface area contributed by atoms with Crippen LogP contribution in [0.25, 0.3) is 10.9 Å². The molecule has 3 nitrogen and oxygen atoms in total. The summed E-state index contributed by atoms with van der Waals surface area (Å²) in [5.74, 6) is -1.29. The van der Waals surface area contributed by atoms with E-state index in [9.17, 15) is 13.2 Å². The molecule has 0 aliphatic carbocycles. The van der Waals surface area contributed by atoms with Gasteiger partial charge in [-0.25, -0.2) is 13.2 Å². The van der Waals surface area contributed by atoms with E-state index in [0.29, 0.717) is 17.4 Å². The van der Waals surface area contributed by atoms with E-state index in [-0.39, 0.29) is 12.1 Å². The van der Waals surface area contributed by atoms with Gasteiger partial charge in [0, 0.05) is 28.5 Å². The molecule has 4 rings (SSSR count). The summed E-state index contributed by atoms with van der Waals surface area (Å²) >= 11 is 3.13. The van der Waals surface area contributed by atoms with Crippen LogP contribution in [0.15, 0.2) is 34.9 Å². The first-order chi connectivity index (χ1) is 12.7. The van der Waals surface area contributed by atoms with Gasteiger partial charge in [-0.3, -0.25) is 10.00 Å². The Morgan fingerprint density at radius 2 is 1.96 bits per heavy atom. The molecule has 1 atom stereocenters. The number of nitrogens with one attached hydrogen (secondary N) is 1. The molecule has 3 aromatic rings. The van der Waals surface area contributed by atoms with Crippen LogP contribution in [0.4, 0.5) is 13.2 Å². The Morgan fingerprint density at radius 3 is 2.63 bits per heavy atom. The molecule has 0 bridgehead atoms. The number of aromatic nitrogens is 2. The molecule has 7 heteroatoms. The van der Waals surface area contributed by atoms with Gasteiger partial charge in [-0.05, 0) is 49.6 Å². The molecule has 0 spiro atoms. The van der Waals surface area contributed by atoms with Crippen molar-refractivity contribution < 1.29 is 13.2 Å². The Balaban J connectivity index is 1.93. The zero-order chi connectivity index (χ0) is 19.3. The Bertz CT molecular complexity index is 986. The molecule has 1 aromatic heterocycles. The largest absolute Gasteiger partial charge is 0.289 e. The first-order valence-corrected chi connectivity index (χ1v) is 9.56. The summed E-state index contributed by atoms with van der Waals surface area (Å²) in [6.45, 7) is 3.54. The summed E-state index contributed by atoms with van der Waals surface area (Å²) in [7, 11) is 0. The number of aromatic amines is 1. The number of hydrogen-bond acceptors (Lipinski definition) is 2. The molecule has 0 saturated heterocycles. The number of fused-ring (bicyclic) bond motifs is 3. The third-order valence-corrected chi connectivity index (χ3v) is 5.43. The van der Waals surface area contributed by atoms with Crippen LogP contribution in [-0.2, 0) is 6.42 Å². The lowest BCUT2D eigenvalue weighted by Gasteiger charge is -2.40. The van der Waals surface area contributed by atoms with Crippen LogP contribution in [0.5, 0.6) is 0 Å². The Labute approximate surface area is 163 Å². The fourth-order valence-electron chi connectivity index (χ4n) is 4.02.